The van der Waals surface area contributed by atoms with E-state index in [-0.39, 0.29) is 0 Å². The maximum absolute atomic E-state index is 2.43. The quantitative estimate of drug-likeness (QED) is 0.0952. The first kappa shape index (κ1) is 85.0. The van der Waals surface area contributed by atoms with Gasteiger partial charge in [0.05, 0.1) is 0 Å². The second-order valence-corrected chi connectivity index (χ2v) is 36.8. The van der Waals surface area contributed by atoms with Gasteiger partial charge in [0, 0.05) is 0 Å². The van der Waals surface area contributed by atoms with Crippen molar-refractivity contribution in [2.24, 2.45) is 0 Å². The lowest BCUT2D eigenvalue weighted by atomic mass is 9.80. The van der Waals surface area contributed by atoms with Gasteiger partial charge in [-0.3, -0.25) is 0 Å². The molecule has 0 heterocycles. The van der Waals surface area contributed by atoms with Crippen LogP contribution in [0.5, 0.6) is 0 Å². The SMILES string of the molecule is Cc1ccc(-c2ccccc2-c2c3ccccc3c(-c3ccccc3-c3ccc(C)cc3)c3cc4ccccc4cc23)cc1.c1ccc(-c2ccc(-c3c4ccccc4c(-c4ccc(-c5ccccc5)cc4-c4ccccc4)c4cc5ccccc5cc34)c(-c3ccccc3)c2)cc1.c1ccc(-c2ccccc2-c2c3ccccc3c(-c3ccccc3-c3ccccc3)c3cc4ccccc4cc23)cc1. The first-order valence-electron chi connectivity index (χ1n) is 48.6. The van der Waals surface area contributed by atoms with Gasteiger partial charge in [0.2, 0.25) is 0 Å². The number of hydrogen-bond donors (Lipinski definition) is 0. The zero-order chi connectivity index (χ0) is 93.4. The highest BCUT2D eigenvalue weighted by Crippen LogP contribution is 2.55. The Labute approximate surface area is 817 Å². The predicted octanol–water partition coefficient (Wildman–Crippen LogP) is 39.4. The van der Waals surface area contributed by atoms with Crippen molar-refractivity contribution in [1.29, 1.82) is 0 Å². The smallest absolute Gasteiger partial charge is 0.00199 e. The first-order valence-corrected chi connectivity index (χ1v) is 48.6. The Kier molecular flexibility index (Phi) is 22.7. The van der Waals surface area contributed by atoms with Crippen molar-refractivity contribution >= 4 is 97.0 Å². The van der Waals surface area contributed by atoms with Crippen LogP contribution in [0.3, 0.4) is 0 Å². The van der Waals surface area contributed by atoms with Crippen molar-refractivity contribution in [2.45, 2.75) is 13.8 Å². The van der Waals surface area contributed by atoms with Crippen LogP contribution in [0, 0.1) is 13.8 Å². The van der Waals surface area contributed by atoms with E-state index in [1.54, 1.807) is 0 Å². The Morgan fingerprint density at radius 3 is 0.471 bits per heavy atom. The molecule has 0 heteroatoms. The summed E-state index contributed by atoms with van der Waals surface area (Å²) in [6, 6.07) is 200. The number of rotatable bonds is 14. The number of benzene rings is 26. The molecule has 0 amide bonds. The van der Waals surface area contributed by atoms with Crippen LogP contribution in [0.25, 0.3) is 253 Å². The Morgan fingerprint density at radius 2 is 0.250 bits per heavy atom. The monoisotopic (exact) mass is 1780 g/mol. The third-order valence-electron chi connectivity index (χ3n) is 28.3. The molecule has 0 aliphatic heterocycles. The van der Waals surface area contributed by atoms with Crippen molar-refractivity contribution in [2.75, 3.05) is 0 Å². The van der Waals surface area contributed by atoms with E-state index in [1.807, 2.05) is 0 Å². The molecule has 0 nitrogen and oxygen atoms in total. The fraction of sp³-hybridized carbons (Fsp3) is 0.0143. The van der Waals surface area contributed by atoms with Gasteiger partial charge in [0.25, 0.3) is 0 Å². The van der Waals surface area contributed by atoms with Gasteiger partial charge in [-0.25, -0.2) is 0 Å². The van der Waals surface area contributed by atoms with Crippen LogP contribution in [-0.4, -0.2) is 0 Å². The second-order valence-electron chi connectivity index (χ2n) is 36.8. The maximum Gasteiger partial charge on any atom is -0.00199 e. The molecule has 0 aliphatic carbocycles. The normalized spacial score (nSPS) is 11.4. The van der Waals surface area contributed by atoms with Crippen molar-refractivity contribution < 1.29 is 0 Å². The average molecular weight is 1780 g/mol. The fourth-order valence-corrected chi connectivity index (χ4v) is 21.7. The van der Waals surface area contributed by atoms with Crippen LogP contribution < -0.4 is 0 Å². The molecular weight excluding hydrogens is 1680 g/mol. The van der Waals surface area contributed by atoms with E-state index in [0.717, 1.165) is 0 Å². The van der Waals surface area contributed by atoms with Crippen molar-refractivity contribution in [1.82, 2.24) is 0 Å². The molecule has 0 bridgehead atoms. The maximum atomic E-state index is 2.43. The Morgan fingerprint density at radius 1 is 0.0929 bits per heavy atom. The van der Waals surface area contributed by atoms with Crippen LogP contribution in [0.4, 0.5) is 0 Å². The van der Waals surface area contributed by atoms with E-state index in [2.05, 4.69) is 560 Å². The van der Waals surface area contributed by atoms with Gasteiger partial charge in [0.1, 0.15) is 0 Å². The summed E-state index contributed by atoms with van der Waals surface area (Å²) in [7, 11) is 0. The van der Waals surface area contributed by atoms with Gasteiger partial charge in [-0.15, -0.1) is 0 Å². The Hall–Kier alpha value is -17.9. The van der Waals surface area contributed by atoms with Crippen molar-refractivity contribution in [3.8, 4) is 156 Å². The first-order chi connectivity index (χ1) is 69.3. The van der Waals surface area contributed by atoms with Crippen LogP contribution in [0.1, 0.15) is 11.1 Å². The minimum Gasteiger partial charge on any atom is -0.0622 e. The minimum absolute atomic E-state index is 1.20. The summed E-state index contributed by atoms with van der Waals surface area (Å²) in [4.78, 5) is 0. The van der Waals surface area contributed by atoms with Gasteiger partial charge in [0.15, 0.2) is 0 Å². The van der Waals surface area contributed by atoms with Gasteiger partial charge >= 0.3 is 0 Å². The molecule has 26 rings (SSSR count). The summed E-state index contributed by atoms with van der Waals surface area (Å²) in [6.07, 6.45) is 0. The van der Waals surface area contributed by atoms with Gasteiger partial charge in [-0.05, 0) is 315 Å². The lowest BCUT2D eigenvalue weighted by Gasteiger charge is -2.22. The van der Waals surface area contributed by atoms with E-state index in [0.29, 0.717) is 0 Å². The lowest BCUT2D eigenvalue weighted by Crippen LogP contribution is -1.95. The van der Waals surface area contributed by atoms with E-state index in [1.165, 1.54) is 264 Å². The molecule has 0 N–H and O–H groups in total. The van der Waals surface area contributed by atoms with Crippen molar-refractivity contribution in [3.63, 3.8) is 0 Å². The molecule has 140 heavy (non-hydrogen) atoms. The molecule has 0 unspecified atom stereocenters. The third kappa shape index (κ3) is 16.0. The molecule has 0 saturated heterocycles. The van der Waals surface area contributed by atoms with Gasteiger partial charge in [-0.1, -0.05) is 509 Å². The molecule has 0 saturated carbocycles. The standard InChI is InChI=1S/C54H36.C44H32.C42H28/c1-5-17-37(18-6-1)43-29-31-47(49(33-43)39-21-9-3-10-22-39)53-45-27-15-16-28-46(45)54(52-36-42-26-14-13-25-41(42)35-51(52)53)48-32-30-44(38-19-7-2-8-20-38)34-50(48)40-23-11-4-12-24-40;1-29-19-23-31(24-20-29)35-13-5-7-15-37(35)43-39-17-9-10-18-40(39)44(42-28-34-12-4-3-11-33(34)27-41(42)43)38-16-8-6-14-36(38)32-25-21-30(2)22-26-32;1-3-15-29(16-4-1)33-21-9-11-23-35(33)41-37-25-13-14-26-38(37)42(40-28-32-20-8-7-19-31(32)27-39(40)41)36-24-12-10-22-34(36)30-17-5-2-6-18-30/h1-36H;3-28H,1-2H3;1-28H. The molecule has 0 atom stereocenters. The summed E-state index contributed by atoms with van der Waals surface area (Å²) in [5.74, 6) is 0. The van der Waals surface area contributed by atoms with Crippen LogP contribution in [0.15, 0.2) is 546 Å². The van der Waals surface area contributed by atoms with E-state index < -0.39 is 0 Å². The van der Waals surface area contributed by atoms with Gasteiger partial charge < -0.3 is 0 Å². The highest BCUT2D eigenvalue weighted by atomic mass is 14.3. The fourth-order valence-electron chi connectivity index (χ4n) is 21.7. The number of aryl methyl sites for hydroxylation is 2. The van der Waals surface area contributed by atoms with Crippen LogP contribution >= 0.6 is 0 Å². The summed E-state index contributed by atoms with van der Waals surface area (Å²) in [5, 5.41) is 22.6. The largest absolute Gasteiger partial charge is 0.0622 e. The predicted molar refractivity (Wildman–Crippen MR) is 602 cm³/mol. The summed E-state index contributed by atoms with van der Waals surface area (Å²) < 4.78 is 0. The molecule has 656 valence electrons. The third-order valence-corrected chi connectivity index (χ3v) is 28.3. The Bertz CT molecular complexity index is 8650. The van der Waals surface area contributed by atoms with Crippen LogP contribution in [-0.2, 0) is 0 Å². The highest BCUT2D eigenvalue weighted by molar-refractivity contribution is 6.29. The summed E-state index contributed by atoms with van der Waals surface area (Å²) >= 11 is 0. The van der Waals surface area contributed by atoms with E-state index >= 15 is 0 Å². The topological polar surface area (TPSA) is 0 Å². The summed E-state index contributed by atoms with van der Waals surface area (Å²) in [6.45, 7) is 4.30. The van der Waals surface area contributed by atoms with Crippen LogP contribution in [0.2, 0.25) is 0 Å². The average Bonchev–Trinajstić information content (AvgIpc) is 0.723. The molecule has 26 aromatic rings. The molecule has 0 fully saturated rings. The van der Waals surface area contributed by atoms with E-state index in [4.69, 9.17) is 0 Å². The molecular formula is C140H96. The molecule has 0 spiro atoms. The van der Waals surface area contributed by atoms with Crippen molar-refractivity contribution in [3.05, 3.63) is 557 Å². The Balaban J connectivity index is 0.000000115. The zero-order valence-corrected chi connectivity index (χ0v) is 78.0. The van der Waals surface area contributed by atoms with E-state index in [9.17, 15) is 0 Å². The van der Waals surface area contributed by atoms with Gasteiger partial charge in [-0.2, -0.15) is 0 Å². The zero-order valence-electron chi connectivity index (χ0n) is 78.0. The summed E-state index contributed by atoms with van der Waals surface area (Å²) in [5.41, 5.74) is 37.3. The molecule has 26 aromatic carbocycles. The minimum atomic E-state index is 1.20. The molecule has 0 radical (unpaired) electrons. The molecule has 0 aliphatic rings. The number of fused-ring (bicyclic) bond motifs is 9. The molecule has 0 aromatic heterocycles. The lowest BCUT2D eigenvalue weighted by molar-refractivity contribution is 1.47. The highest BCUT2D eigenvalue weighted by Gasteiger charge is 2.28. The number of hydrogen-bond acceptors (Lipinski definition) is 0. The second kappa shape index (κ2) is 37.4.